The Morgan fingerprint density at radius 3 is 1.85 bits per heavy atom. The highest BCUT2D eigenvalue weighted by molar-refractivity contribution is 5.72. The lowest BCUT2D eigenvalue weighted by molar-refractivity contribution is -0.142. The highest BCUT2D eigenvalue weighted by Crippen LogP contribution is 2.35. The molecule has 2 unspecified atom stereocenters. The van der Waals surface area contributed by atoms with E-state index in [1.165, 1.54) is 6.92 Å². The van der Waals surface area contributed by atoms with Crippen LogP contribution >= 0.6 is 0 Å². The van der Waals surface area contributed by atoms with Gasteiger partial charge in [0.2, 0.25) is 5.82 Å². The topological polar surface area (TPSA) is 40.5 Å². The maximum absolute atomic E-state index is 13.6. The zero-order valence-electron chi connectivity index (χ0n) is 10.3. The Morgan fingerprint density at radius 2 is 1.45 bits per heavy atom. The standard InChI is InChI=1S/C12H10F5NO2/c1-4-2-18(3-5(4)12(19)20)11-9(16)7(14)6(13)8(15)10(11)17/h4-5H,2-3H2,1H3,(H,19,20). The molecule has 1 N–H and O–H groups in total. The van der Waals surface area contributed by atoms with Crippen molar-refractivity contribution in [2.75, 3.05) is 18.0 Å². The van der Waals surface area contributed by atoms with Crippen LogP contribution in [0.25, 0.3) is 0 Å². The summed E-state index contributed by atoms with van der Waals surface area (Å²) >= 11 is 0. The van der Waals surface area contributed by atoms with Crippen LogP contribution in [0.2, 0.25) is 0 Å². The van der Waals surface area contributed by atoms with Gasteiger partial charge in [0, 0.05) is 13.1 Å². The normalized spacial score (nSPS) is 22.4. The molecule has 2 rings (SSSR count). The Hall–Kier alpha value is -1.86. The lowest BCUT2D eigenvalue weighted by atomic mass is 9.99. The zero-order chi connectivity index (χ0) is 15.2. The van der Waals surface area contributed by atoms with Gasteiger partial charge in [0.15, 0.2) is 23.3 Å². The van der Waals surface area contributed by atoms with E-state index in [-0.39, 0.29) is 13.1 Å². The summed E-state index contributed by atoms with van der Waals surface area (Å²) in [6, 6.07) is 0. The number of hydrogen-bond acceptors (Lipinski definition) is 2. The van der Waals surface area contributed by atoms with E-state index >= 15 is 0 Å². The van der Waals surface area contributed by atoms with Crippen molar-refractivity contribution in [2.24, 2.45) is 11.8 Å². The lowest BCUT2D eigenvalue weighted by Gasteiger charge is -2.20. The van der Waals surface area contributed by atoms with Crippen LogP contribution in [0.1, 0.15) is 6.92 Å². The molecule has 0 saturated carbocycles. The fraction of sp³-hybridized carbons (Fsp3) is 0.417. The first-order valence-corrected chi connectivity index (χ1v) is 5.74. The molecular formula is C12H10F5NO2. The minimum absolute atomic E-state index is 0.102. The molecule has 0 amide bonds. The summed E-state index contributed by atoms with van der Waals surface area (Å²) in [5, 5.41) is 8.92. The van der Waals surface area contributed by atoms with E-state index in [9.17, 15) is 26.7 Å². The van der Waals surface area contributed by atoms with Crippen LogP contribution in [0, 0.1) is 40.9 Å². The third kappa shape index (κ3) is 2.08. The molecule has 20 heavy (non-hydrogen) atoms. The van der Waals surface area contributed by atoms with Crippen molar-refractivity contribution in [1.82, 2.24) is 0 Å². The highest BCUT2D eigenvalue weighted by atomic mass is 19.2. The second-order valence-electron chi connectivity index (χ2n) is 4.75. The average molecular weight is 295 g/mol. The molecule has 1 aliphatic rings. The van der Waals surface area contributed by atoms with Gasteiger partial charge in [-0.2, -0.15) is 0 Å². The first-order valence-electron chi connectivity index (χ1n) is 5.74. The molecule has 3 nitrogen and oxygen atoms in total. The van der Waals surface area contributed by atoms with Gasteiger partial charge in [-0.05, 0) is 5.92 Å². The summed E-state index contributed by atoms with van der Waals surface area (Å²) in [5.74, 6) is -12.8. The van der Waals surface area contributed by atoms with Crippen molar-refractivity contribution in [3.8, 4) is 0 Å². The Morgan fingerprint density at radius 1 is 1.00 bits per heavy atom. The minimum atomic E-state index is -2.23. The fourth-order valence-corrected chi connectivity index (χ4v) is 2.34. The highest BCUT2D eigenvalue weighted by Gasteiger charge is 2.39. The van der Waals surface area contributed by atoms with E-state index in [4.69, 9.17) is 5.11 Å². The Balaban J connectivity index is 2.48. The first kappa shape index (κ1) is 14.5. The van der Waals surface area contributed by atoms with Gasteiger partial charge in [-0.15, -0.1) is 0 Å². The first-order chi connectivity index (χ1) is 9.25. The van der Waals surface area contributed by atoms with Crippen molar-refractivity contribution in [1.29, 1.82) is 0 Å². The van der Waals surface area contributed by atoms with E-state index in [0.717, 1.165) is 4.90 Å². The quantitative estimate of drug-likeness (QED) is 0.518. The molecular weight excluding hydrogens is 285 g/mol. The van der Waals surface area contributed by atoms with Crippen molar-refractivity contribution >= 4 is 11.7 Å². The number of carbonyl (C=O) groups is 1. The van der Waals surface area contributed by atoms with Crippen LogP contribution in [-0.2, 0) is 4.79 Å². The van der Waals surface area contributed by atoms with Crippen LogP contribution in [0.4, 0.5) is 27.6 Å². The Labute approximate surface area is 110 Å². The number of aliphatic carboxylic acids is 1. The molecule has 0 bridgehead atoms. The van der Waals surface area contributed by atoms with E-state index < -0.39 is 52.6 Å². The summed E-state index contributed by atoms with van der Waals surface area (Å²) < 4.78 is 66.3. The largest absolute Gasteiger partial charge is 0.481 e. The molecule has 0 spiro atoms. The monoisotopic (exact) mass is 295 g/mol. The van der Waals surface area contributed by atoms with Crippen LogP contribution in [0.3, 0.4) is 0 Å². The smallest absolute Gasteiger partial charge is 0.308 e. The van der Waals surface area contributed by atoms with Gasteiger partial charge in [-0.3, -0.25) is 4.79 Å². The molecule has 1 aliphatic heterocycles. The van der Waals surface area contributed by atoms with Gasteiger partial charge >= 0.3 is 5.97 Å². The number of benzene rings is 1. The lowest BCUT2D eigenvalue weighted by Crippen LogP contribution is -2.26. The van der Waals surface area contributed by atoms with Gasteiger partial charge in [-0.1, -0.05) is 6.92 Å². The molecule has 1 saturated heterocycles. The van der Waals surface area contributed by atoms with Gasteiger partial charge in [0.05, 0.1) is 5.92 Å². The predicted molar refractivity (Wildman–Crippen MR) is 58.7 cm³/mol. The second-order valence-corrected chi connectivity index (χ2v) is 4.75. The number of hydrogen-bond donors (Lipinski definition) is 1. The third-order valence-electron chi connectivity index (χ3n) is 3.43. The maximum Gasteiger partial charge on any atom is 0.308 e. The number of rotatable bonds is 2. The number of halogens is 5. The van der Waals surface area contributed by atoms with Gasteiger partial charge in [0.25, 0.3) is 0 Å². The molecule has 110 valence electrons. The molecule has 0 aliphatic carbocycles. The summed E-state index contributed by atoms with van der Waals surface area (Å²) in [6.07, 6.45) is 0. The number of carboxylic acid groups (broad SMARTS) is 1. The Bertz CT molecular complexity index is 548. The predicted octanol–water partition coefficient (Wildman–Crippen LogP) is 2.54. The second kappa shape index (κ2) is 4.92. The number of nitrogens with zero attached hydrogens (tertiary/aromatic N) is 1. The molecule has 1 aromatic rings. The van der Waals surface area contributed by atoms with E-state index in [0.29, 0.717) is 0 Å². The van der Waals surface area contributed by atoms with Crippen molar-refractivity contribution < 1.29 is 31.9 Å². The van der Waals surface area contributed by atoms with Crippen LogP contribution < -0.4 is 4.90 Å². The van der Waals surface area contributed by atoms with E-state index in [1.54, 1.807) is 0 Å². The van der Waals surface area contributed by atoms with E-state index in [1.807, 2.05) is 0 Å². The average Bonchev–Trinajstić information content (AvgIpc) is 2.76. The molecule has 2 atom stereocenters. The van der Waals surface area contributed by atoms with Gasteiger partial charge < -0.3 is 10.0 Å². The van der Waals surface area contributed by atoms with E-state index in [2.05, 4.69) is 0 Å². The summed E-state index contributed by atoms with van der Waals surface area (Å²) in [4.78, 5) is 11.8. The number of anilines is 1. The summed E-state index contributed by atoms with van der Waals surface area (Å²) in [7, 11) is 0. The summed E-state index contributed by atoms with van der Waals surface area (Å²) in [5.41, 5.74) is -1.07. The van der Waals surface area contributed by atoms with Crippen LogP contribution in [0.5, 0.6) is 0 Å². The van der Waals surface area contributed by atoms with Crippen molar-refractivity contribution in [2.45, 2.75) is 6.92 Å². The number of carboxylic acids is 1. The van der Waals surface area contributed by atoms with Crippen LogP contribution in [0.15, 0.2) is 0 Å². The summed E-state index contributed by atoms with van der Waals surface area (Å²) in [6.45, 7) is 1.12. The SMILES string of the molecule is CC1CN(c2c(F)c(F)c(F)c(F)c2F)CC1C(=O)O. The molecule has 8 heteroatoms. The zero-order valence-corrected chi connectivity index (χ0v) is 10.3. The molecule has 1 aromatic carbocycles. The molecule has 0 radical (unpaired) electrons. The molecule has 1 heterocycles. The Kier molecular flexibility index (Phi) is 3.58. The minimum Gasteiger partial charge on any atom is -0.481 e. The molecule has 0 aromatic heterocycles. The van der Waals surface area contributed by atoms with Crippen LogP contribution in [-0.4, -0.2) is 24.2 Å². The third-order valence-corrected chi connectivity index (χ3v) is 3.43. The van der Waals surface area contributed by atoms with Crippen molar-refractivity contribution in [3.63, 3.8) is 0 Å². The maximum atomic E-state index is 13.6. The fourth-order valence-electron chi connectivity index (χ4n) is 2.34. The van der Waals surface area contributed by atoms with Crippen molar-refractivity contribution in [3.05, 3.63) is 29.1 Å². The van der Waals surface area contributed by atoms with Gasteiger partial charge in [0.1, 0.15) is 5.69 Å². The van der Waals surface area contributed by atoms with Gasteiger partial charge in [-0.25, -0.2) is 22.0 Å². The molecule has 1 fully saturated rings.